The summed E-state index contributed by atoms with van der Waals surface area (Å²) in [6.07, 6.45) is 0. The van der Waals surface area contributed by atoms with Crippen molar-refractivity contribution in [3.8, 4) is 45.0 Å². The Morgan fingerprint density at radius 1 is 0.446 bits per heavy atom. The van der Waals surface area contributed by atoms with Crippen LogP contribution in [0.2, 0.25) is 0 Å². The smallest absolute Gasteiger partial charge is 0.145 e. The van der Waals surface area contributed by atoms with E-state index in [1.165, 1.54) is 44.1 Å². The lowest BCUT2D eigenvalue weighted by atomic mass is 9.82. The Bertz CT molecular complexity index is 3380. The second-order valence-electron chi connectivity index (χ2n) is 15.6. The lowest BCUT2D eigenvalue weighted by molar-refractivity contribution is 0.661. The van der Waals surface area contributed by atoms with E-state index in [1.807, 2.05) is 12.1 Å². The highest BCUT2D eigenvalue weighted by atomic mass is 16.3. The number of hydrogen-bond acceptors (Lipinski definition) is 2. The minimum absolute atomic E-state index is 0.0859. The van der Waals surface area contributed by atoms with Gasteiger partial charge in [0.1, 0.15) is 17.0 Å². The first kappa shape index (κ1) is 31.2. The van der Waals surface area contributed by atoms with Gasteiger partial charge < -0.3 is 8.98 Å². The fraction of sp³-hybridized carbons (Fsp3) is 0.0577. The quantitative estimate of drug-likeness (QED) is 0.182. The Balaban J connectivity index is 0.992. The maximum absolute atomic E-state index is 6.72. The third kappa shape index (κ3) is 4.32. The van der Waals surface area contributed by atoms with Gasteiger partial charge >= 0.3 is 0 Å². The van der Waals surface area contributed by atoms with Crippen molar-refractivity contribution in [1.82, 2.24) is 14.1 Å². The molecule has 1 aliphatic carbocycles. The lowest BCUT2D eigenvalue weighted by Crippen LogP contribution is -2.14. The molecule has 0 amide bonds. The second kappa shape index (κ2) is 11.4. The molecule has 0 fully saturated rings. The van der Waals surface area contributed by atoms with E-state index in [2.05, 4.69) is 187 Å². The predicted molar refractivity (Wildman–Crippen MR) is 231 cm³/mol. The molecule has 8 aromatic carbocycles. The van der Waals surface area contributed by atoms with Crippen LogP contribution in [0.3, 0.4) is 0 Å². The highest BCUT2D eigenvalue weighted by Crippen LogP contribution is 2.51. The fourth-order valence-corrected chi connectivity index (χ4v) is 9.45. The molecule has 0 unspecified atom stereocenters. The summed E-state index contributed by atoms with van der Waals surface area (Å²) in [5.74, 6) is 0.927. The van der Waals surface area contributed by atoms with Crippen LogP contribution in [-0.2, 0) is 5.41 Å². The molecule has 3 aromatic heterocycles. The molecule has 0 aliphatic heterocycles. The Hall–Kier alpha value is -7.17. The number of imidazole rings is 1. The highest BCUT2D eigenvalue weighted by Gasteiger charge is 2.36. The van der Waals surface area contributed by atoms with Gasteiger partial charge in [-0.1, -0.05) is 129 Å². The van der Waals surface area contributed by atoms with Gasteiger partial charge in [0.25, 0.3) is 0 Å². The van der Waals surface area contributed by atoms with Crippen molar-refractivity contribution in [2.75, 3.05) is 0 Å². The van der Waals surface area contributed by atoms with Crippen molar-refractivity contribution in [3.63, 3.8) is 0 Å². The Morgan fingerprint density at radius 3 is 2.04 bits per heavy atom. The van der Waals surface area contributed by atoms with Crippen molar-refractivity contribution in [3.05, 3.63) is 187 Å². The zero-order valence-electron chi connectivity index (χ0n) is 31.0. The zero-order chi connectivity index (χ0) is 37.1. The molecule has 0 saturated heterocycles. The summed E-state index contributed by atoms with van der Waals surface area (Å²) >= 11 is 0. The molecular formula is C52H35N3O. The summed E-state index contributed by atoms with van der Waals surface area (Å²) in [4.78, 5) is 5.04. The SMILES string of the molecule is CC1(C)c2ccccc2-c2cc3c4ccccc4n(-c4ccc5oc6c(-c7ccc(-n8c(-c9ccccc9)nc9ccccc98)cc7)cccc6c5c4)c3cc21. The normalized spacial score (nSPS) is 13.3. The first-order valence-electron chi connectivity index (χ1n) is 19.3. The predicted octanol–water partition coefficient (Wildman–Crippen LogP) is 13.7. The van der Waals surface area contributed by atoms with Crippen molar-refractivity contribution in [1.29, 1.82) is 0 Å². The molecule has 0 N–H and O–H groups in total. The van der Waals surface area contributed by atoms with Crippen LogP contribution in [0.25, 0.3) is 99.8 Å². The molecule has 0 atom stereocenters. The number of benzene rings is 8. The number of aromatic nitrogens is 3. The van der Waals surface area contributed by atoms with Crippen LogP contribution in [0.1, 0.15) is 25.0 Å². The van der Waals surface area contributed by atoms with Gasteiger partial charge in [0.2, 0.25) is 0 Å². The monoisotopic (exact) mass is 717 g/mol. The topological polar surface area (TPSA) is 35.9 Å². The summed E-state index contributed by atoms with van der Waals surface area (Å²) in [6.45, 7) is 4.71. The maximum atomic E-state index is 6.72. The number of furan rings is 1. The second-order valence-corrected chi connectivity index (χ2v) is 15.6. The molecule has 0 bridgehead atoms. The summed E-state index contributed by atoms with van der Waals surface area (Å²) < 4.78 is 11.4. The van der Waals surface area contributed by atoms with Gasteiger partial charge in [-0.2, -0.15) is 0 Å². The molecule has 4 heteroatoms. The average Bonchev–Trinajstić information content (AvgIpc) is 3.97. The van der Waals surface area contributed by atoms with Crippen LogP contribution in [0.5, 0.6) is 0 Å². The van der Waals surface area contributed by atoms with E-state index in [-0.39, 0.29) is 5.41 Å². The largest absolute Gasteiger partial charge is 0.455 e. The number of fused-ring (bicyclic) bond motifs is 10. The average molecular weight is 718 g/mol. The summed E-state index contributed by atoms with van der Waals surface area (Å²) in [5, 5.41) is 4.74. The molecule has 11 aromatic rings. The fourth-order valence-electron chi connectivity index (χ4n) is 9.45. The van der Waals surface area contributed by atoms with E-state index in [1.54, 1.807) is 0 Å². The molecule has 12 rings (SSSR count). The van der Waals surface area contributed by atoms with Crippen LogP contribution >= 0.6 is 0 Å². The van der Waals surface area contributed by atoms with Gasteiger partial charge in [0, 0.05) is 49.5 Å². The van der Waals surface area contributed by atoms with E-state index >= 15 is 0 Å². The van der Waals surface area contributed by atoms with Gasteiger partial charge in [-0.15, -0.1) is 0 Å². The van der Waals surface area contributed by atoms with E-state index in [0.717, 1.165) is 66.9 Å². The van der Waals surface area contributed by atoms with Gasteiger partial charge in [-0.05, 0) is 88.5 Å². The van der Waals surface area contributed by atoms with Crippen LogP contribution in [0.4, 0.5) is 0 Å². The lowest BCUT2D eigenvalue weighted by Gasteiger charge is -2.21. The Kier molecular flexibility index (Phi) is 6.37. The minimum Gasteiger partial charge on any atom is -0.455 e. The third-order valence-electron chi connectivity index (χ3n) is 12.1. The van der Waals surface area contributed by atoms with Gasteiger partial charge in [0.15, 0.2) is 0 Å². The van der Waals surface area contributed by atoms with Crippen molar-refractivity contribution in [2.45, 2.75) is 19.3 Å². The summed E-state index contributed by atoms with van der Waals surface area (Å²) in [6, 6.07) is 63.2. The minimum atomic E-state index is -0.0859. The van der Waals surface area contributed by atoms with Gasteiger partial charge in [0.05, 0.1) is 22.1 Å². The van der Waals surface area contributed by atoms with Crippen molar-refractivity contribution < 1.29 is 4.42 Å². The van der Waals surface area contributed by atoms with E-state index in [9.17, 15) is 0 Å². The first-order valence-corrected chi connectivity index (χ1v) is 19.3. The molecule has 0 spiro atoms. The number of nitrogens with zero attached hydrogens (tertiary/aromatic N) is 3. The number of hydrogen-bond donors (Lipinski definition) is 0. The number of para-hydroxylation sites is 4. The van der Waals surface area contributed by atoms with Crippen LogP contribution in [0, 0.1) is 0 Å². The zero-order valence-corrected chi connectivity index (χ0v) is 31.0. The molecular weight excluding hydrogens is 683 g/mol. The van der Waals surface area contributed by atoms with Crippen molar-refractivity contribution >= 4 is 54.8 Å². The van der Waals surface area contributed by atoms with Gasteiger partial charge in [-0.3, -0.25) is 4.57 Å². The molecule has 0 saturated carbocycles. The maximum Gasteiger partial charge on any atom is 0.145 e. The summed E-state index contributed by atoms with van der Waals surface area (Å²) in [7, 11) is 0. The molecule has 1 aliphatic rings. The van der Waals surface area contributed by atoms with Crippen LogP contribution in [-0.4, -0.2) is 14.1 Å². The van der Waals surface area contributed by atoms with Crippen molar-refractivity contribution in [2.24, 2.45) is 0 Å². The molecule has 4 nitrogen and oxygen atoms in total. The Labute approximate surface area is 323 Å². The van der Waals surface area contributed by atoms with Gasteiger partial charge in [-0.25, -0.2) is 4.98 Å². The van der Waals surface area contributed by atoms with Crippen LogP contribution < -0.4 is 0 Å². The van der Waals surface area contributed by atoms with E-state index < -0.39 is 0 Å². The molecule has 0 radical (unpaired) electrons. The number of rotatable bonds is 4. The molecule has 264 valence electrons. The standard InChI is InChI=1S/C52H35N3O/c1-52(2)43-19-8-6-15-37(43)40-30-41-38-16-7-10-21-46(38)54(48(41)31-44(40)52)35-27-28-49-42(29-35)39-18-12-17-36(50(39)56-49)32-23-25-34(26-24-32)55-47-22-11-9-20-45(47)53-51(55)33-13-4-3-5-14-33/h3-31H,1-2H3. The first-order chi connectivity index (χ1) is 27.5. The molecule has 3 heterocycles. The van der Waals surface area contributed by atoms with Crippen LogP contribution in [0.15, 0.2) is 180 Å². The van der Waals surface area contributed by atoms with E-state index in [4.69, 9.17) is 9.40 Å². The Morgan fingerprint density at radius 2 is 1.16 bits per heavy atom. The molecule has 56 heavy (non-hydrogen) atoms. The highest BCUT2D eigenvalue weighted by molar-refractivity contribution is 6.13. The van der Waals surface area contributed by atoms with E-state index in [0.29, 0.717) is 0 Å². The third-order valence-corrected chi connectivity index (χ3v) is 12.1. The summed E-state index contributed by atoms with van der Waals surface area (Å²) in [5.41, 5.74) is 17.0.